The monoisotopic (exact) mass is 263 g/mol. The Morgan fingerprint density at radius 2 is 1.79 bits per heavy atom. The van der Waals surface area contributed by atoms with Gasteiger partial charge in [0.15, 0.2) is 5.70 Å². The second-order valence-corrected chi connectivity index (χ2v) is 3.19. The van der Waals surface area contributed by atoms with Crippen LogP contribution in [0.2, 0.25) is 0 Å². The summed E-state index contributed by atoms with van der Waals surface area (Å²) in [5.74, 6) is -1.96. The number of anilines is 1. The van der Waals surface area contributed by atoms with Crippen LogP contribution >= 0.6 is 0 Å². The first-order valence-corrected chi connectivity index (χ1v) is 4.81. The van der Waals surface area contributed by atoms with Crippen LogP contribution in [0.1, 0.15) is 0 Å². The van der Waals surface area contributed by atoms with Crippen molar-refractivity contribution in [2.24, 2.45) is 5.73 Å². The van der Waals surface area contributed by atoms with E-state index in [1.807, 2.05) is 10.6 Å². The zero-order chi connectivity index (χ0) is 14.4. The molecule has 1 aromatic rings. The third-order valence-corrected chi connectivity index (χ3v) is 1.94. The van der Waals surface area contributed by atoms with E-state index in [0.717, 1.165) is 18.2 Å². The van der Waals surface area contributed by atoms with Gasteiger partial charge in [-0.15, -0.1) is 0 Å². The van der Waals surface area contributed by atoms with Crippen molar-refractivity contribution >= 4 is 11.7 Å². The molecule has 0 aliphatic rings. The average Bonchev–Trinajstić information content (AvgIpc) is 2.39. The minimum absolute atomic E-state index is 0.517. The van der Waals surface area contributed by atoms with Crippen molar-refractivity contribution in [2.45, 2.75) is 0 Å². The summed E-state index contributed by atoms with van der Waals surface area (Å²) in [5.41, 5.74) is 3.42. The highest BCUT2D eigenvalue weighted by Gasteiger charge is 2.13. The van der Waals surface area contributed by atoms with E-state index in [9.17, 15) is 13.6 Å². The molecule has 0 radical (unpaired) electrons. The number of urea groups is 1. The fraction of sp³-hybridized carbons (Fsp3) is 0. The summed E-state index contributed by atoms with van der Waals surface area (Å²) >= 11 is 0. The maximum atomic E-state index is 13.2. The van der Waals surface area contributed by atoms with Gasteiger partial charge in [0.05, 0.1) is 0 Å². The molecule has 0 bridgehead atoms. The molecule has 0 atom stereocenters. The summed E-state index contributed by atoms with van der Waals surface area (Å²) in [6, 6.07) is 4.85. The zero-order valence-corrected chi connectivity index (χ0v) is 9.37. The van der Waals surface area contributed by atoms with Gasteiger partial charge >= 0.3 is 6.03 Å². The largest absolute Gasteiger partial charge is 0.388 e. The Kier molecular flexibility index (Phi) is 4.39. The first-order chi connectivity index (χ1) is 8.99. The quantitative estimate of drug-likeness (QED) is 0.697. The summed E-state index contributed by atoms with van der Waals surface area (Å²) in [7, 11) is 0. The fourth-order valence-electron chi connectivity index (χ4n) is 1.09. The number of nitrogens with one attached hydrogen (secondary N) is 2. The third-order valence-electron chi connectivity index (χ3n) is 1.94. The van der Waals surface area contributed by atoms with E-state index < -0.39 is 34.7 Å². The number of hydrogen-bond donors (Lipinski definition) is 3. The van der Waals surface area contributed by atoms with Crippen LogP contribution in [0.4, 0.5) is 19.3 Å². The number of benzene rings is 1. The lowest BCUT2D eigenvalue weighted by Gasteiger charge is -2.08. The van der Waals surface area contributed by atoms with Crippen LogP contribution in [0.25, 0.3) is 0 Å². The van der Waals surface area contributed by atoms with Gasteiger partial charge in [-0.1, -0.05) is 6.07 Å². The molecule has 0 aliphatic carbocycles. The van der Waals surface area contributed by atoms with Crippen LogP contribution in [0.3, 0.4) is 0 Å². The summed E-state index contributed by atoms with van der Waals surface area (Å²) in [6.45, 7) is 0. The molecular formula is C11H7F2N5O. The standard InChI is InChI=1S/C11H7F2N5O/c12-6-2-1-3-7(13)10(6)18-11(19)17-9(5-15)8(16)4-14/h1-3H,16H2,(H2,17,18,19). The van der Waals surface area contributed by atoms with Gasteiger partial charge in [-0.25, -0.2) is 13.6 Å². The Morgan fingerprint density at radius 3 is 2.26 bits per heavy atom. The lowest BCUT2D eigenvalue weighted by Crippen LogP contribution is -2.30. The van der Waals surface area contributed by atoms with E-state index in [2.05, 4.69) is 0 Å². The number of carbonyl (C=O) groups excluding carboxylic acids is 1. The van der Waals surface area contributed by atoms with Crippen molar-refractivity contribution in [1.82, 2.24) is 5.32 Å². The van der Waals surface area contributed by atoms with Crippen LogP contribution in [0.15, 0.2) is 29.6 Å². The van der Waals surface area contributed by atoms with Crippen molar-refractivity contribution < 1.29 is 13.6 Å². The predicted molar refractivity (Wildman–Crippen MR) is 61.0 cm³/mol. The molecule has 8 heteroatoms. The minimum Gasteiger partial charge on any atom is -0.388 e. The summed E-state index contributed by atoms with van der Waals surface area (Å²) in [5, 5.41) is 20.9. The Bertz CT molecular complexity index is 607. The van der Waals surface area contributed by atoms with Crippen LogP contribution in [0.5, 0.6) is 0 Å². The van der Waals surface area contributed by atoms with Gasteiger partial charge in [-0.2, -0.15) is 10.5 Å². The predicted octanol–water partition coefficient (Wildman–Crippen LogP) is 1.30. The van der Waals surface area contributed by atoms with Gasteiger partial charge < -0.3 is 11.1 Å². The van der Waals surface area contributed by atoms with Crippen molar-refractivity contribution in [2.75, 3.05) is 5.32 Å². The number of halogens is 2. The van der Waals surface area contributed by atoms with E-state index in [0.29, 0.717) is 0 Å². The molecule has 2 amide bonds. The lowest BCUT2D eigenvalue weighted by atomic mass is 10.3. The van der Waals surface area contributed by atoms with Gasteiger partial charge in [-0.05, 0) is 12.1 Å². The van der Waals surface area contributed by atoms with Crippen LogP contribution in [-0.4, -0.2) is 6.03 Å². The molecule has 0 fully saturated rings. The average molecular weight is 263 g/mol. The molecule has 0 saturated heterocycles. The number of nitriles is 2. The van der Waals surface area contributed by atoms with E-state index >= 15 is 0 Å². The number of nitrogens with zero attached hydrogens (tertiary/aromatic N) is 2. The number of amides is 2. The van der Waals surface area contributed by atoms with E-state index in [1.165, 1.54) is 12.1 Å². The van der Waals surface area contributed by atoms with Crippen molar-refractivity contribution in [1.29, 1.82) is 10.5 Å². The van der Waals surface area contributed by atoms with Gasteiger partial charge in [0.2, 0.25) is 0 Å². The first kappa shape index (κ1) is 13.9. The van der Waals surface area contributed by atoms with Gasteiger partial charge in [0, 0.05) is 0 Å². The molecule has 0 spiro atoms. The Morgan fingerprint density at radius 1 is 1.21 bits per heavy atom. The number of para-hydroxylation sites is 1. The molecule has 0 aromatic heterocycles. The maximum Gasteiger partial charge on any atom is 0.324 e. The minimum atomic E-state index is -1.10. The highest BCUT2D eigenvalue weighted by molar-refractivity contribution is 5.91. The summed E-state index contributed by atoms with van der Waals surface area (Å²) < 4.78 is 26.4. The van der Waals surface area contributed by atoms with E-state index in [1.54, 1.807) is 0 Å². The fourth-order valence-corrected chi connectivity index (χ4v) is 1.09. The SMILES string of the molecule is N#CC(N)=C(C#N)NC(=O)Nc1c(F)cccc1F. The van der Waals surface area contributed by atoms with Gasteiger partial charge in [0.1, 0.15) is 35.2 Å². The second-order valence-electron chi connectivity index (χ2n) is 3.19. The Hall–Kier alpha value is -3.13. The molecule has 1 aromatic carbocycles. The maximum absolute atomic E-state index is 13.2. The number of nitrogens with two attached hydrogens (primary N) is 1. The molecule has 1 rings (SSSR count). The summed E-state index contributed by atoms with van der Waals surface area (Å²) in [6.07, 6.45) is 0. The van der Waals surface area contributed by atoms with Crippen molar-refractivity contribution in [3.8, 4) is 12.1 Å². The first-order valence-electron chi connectivity index (χ1n) is 4.81. The third kappa shape index (κ3) is 3.41. The Labute approximate surface area is 106 Å². The summed E-state index contributed by atoms with van der Waals surface area (Å²) in [4.78, 5) is 11.4. The molecule has 0 aliphatic heterocycles. The topological polar surface area (TPSA) is 115 Å². The van der Waals surface area contributed by atoms with E-state index in [-0.39, 0.29) is 0 Å². The molecule has 0 heterocycles. The van der Waals surface area contributed by atoms with Crippen LogP contribution in [0, 0.1) is 34.3 Å². The molecule has 19 heavy (non-hydrogen) atoms. The normalized spacial score (nSPS) is 10.7. The van der Waals surface area contributed by atoms with Gasteiger partial charge in [-0.3, -0.25) is 5.32 Å². The second kappa shape index (κ2) is 5.98. The number of allylic oxidation sites excluding steroid dienone is 2. The molecule has 96 valence electrons. The number of hydrogen-bond acceptors (Lipinski definition) is 4. The molecule has 6 nitrogen and oxygen atoms in total. The molecule has 0 saturated carbocycles. The van der Waals surface area contributed by atoms with Crippen LogP contribution < -0.4 is 16.4 Å². The highest BCUT2D eigenvalue weighted by atomic mass is 19.1. The number of carbonyl (C=O) groups is 1. The van der Waals surface area contributed by atoms with Crippen molar-refractivity contribution in [3.05, 3.63) is 41.2 Å². The lowest BCUT2D eigenvalue weighted by molar-refractivity contribution is 0.254. The molecular weight excluding hydrogens is 256 g/mol. The molecule has 4 N–H and O–H groups in total. The van der Waals surface area contributed by atoms with Crippen LogP contribution in [-0.2, 0) is 0 Å². The molecule has 0 unspecified atom stereocenters. The van der Waals surface area contributed by atoms with Crippen molar-refractivity contribution in [3.63, 3.8) is 0 Å². The van der Waals surface area contributed by atoms with E-state index in [4.69, 9.17) is 16.3 Å². The highest BCUT2D eigenvalue weighted by Crippen LogP contribution is 2.17. The van der Waals surface area contributed by atoms with Gasteiger partial charge in [0.25, 0.3) is 0 Å². The zero-order valence-electron chi connectivity index (χ0n) is 9.37. The smallest absolute Gasteiger partial charge is 0.324 e. The Balaban J connectivity index is 2.89. The number of rotatable bonds is 2.